The van der Waals surface area contributed by atoms with Crippen molar-refractivity contribution in [2.24, 2.45) is 0 Å². The van der Waals surface area contributed by atoms with Crippen molar-refractivity contribution in [3.8, 4) is 0 Å². The summed E-state index contributed by atoms with van der Waals surface area (Å²) in [4.78, 5) is 23.3. The summed E-state index contributed by atoms with van der Waals surface area (Å²) in [5.74, 6) is 0.426. The van der Waals surface area contributed by atoms with E-state index in [0.717, 1.165) is 29.4 Å². The highest BCUT2D eigenvalue weighted by atomic mass is 16.3. The third kappa shape index (κ3) is 2.59. The maximum atomic E-state index is 12.2. The number of nitrogens with one attached hydrogen (secondary N) is 1. The monoisotopic (exact) mass is 271 g/mol. The zero-order valence-electron chi connectivity index (χ0n) is 11.4. The standard InChI is InChI=1S/C16H17NO3/c1-10-2-7-14-11(8-10)9-15(20-14)16(19)17-12-3-5-13(18)6-4-12/h2,7-9,12H,3-6H2,1H3,(H,17,19). The number of rotatable bonds is 2. The highest BCUT2D eigenvalue weighted by molar-refractivity contribution is 5.96. The van der Waals surface area contributed by atoms with Crippen molar-refractivity contribution in [2.45, 2.75) is 38.6 Å². The predicted octanol–water partition coefficient (Wildman–Crippen LogP) is 2.98. The van der Waals surface area contributed by atoms with Gasteiger partial charge in [0.2, 0.25) is 0 Å². The third-order valence-corrected chi connectivity index (χ3v) is 3.77. The fourth-order valence-electron chi connectivity index (χ4n) is 2.62. The van der Waals surface area contributed by atoms with Crippen molar-refractivity contribution in [2.75, 3.05) is 0 Å². The van der Waals surface area contributed by atoms with Gasteiger partial charge in [0.25, 0.3) is 5.91 Å². The van der Waals surface area contributed by atoms with Crippen molar-refractivity contribution in [3.63, 3.8) is 0 Å². The quantitative estimate of drug-likeness (QED) is 0.913. The summed E-state index contributed by atoms with van der Waals surface area (Å²) in [6.45, 7) is 2.01. The molecule has 0 unspecified atom stereocenters. The van der Waals surface area contributed by atoms with Crippen LogP contribution in [0.25, 0.3) is 11.0 Å². The number of carbonyl (C=O) groups excluding carboxylic acids is 2. The molecule has 1 aromatic carbocycles. The van der Waals surface area contributed by atoms with Gasteiger partial charge in [-0.1, -0.05) is 11.6 Å². The van der Waals surface area contributed by atoms with Gasteiger partial charge in [-0.2, -0.15) is 0 Å². The van der Waals surface area contributed by atoms with E-state index in [2.05, 4.69) is 5.32 Å². The van der Waals surface area contributed by atoms with Gasteiger partial charge in [0.1, 0.15) is 11.4 Å². The zero-order chi connectivity index (χ0) is 14.1. The van der Waals surface area contributed by atoms with Gasteiger partial charge in [-0.3, -0.25) is 9.59 Å². The van der Waals surface area contributed by atoms with Gasteiger partial charge in [0, 0.05) is 24.3 Å². The van der Waals surface area contributed by atoms with E-state index >= 15 is 0 Å². The Labute approximate surface area is 117 Å². The summed E-state index contributed by atoms with van der Waals surface area (Å²) >= 11 is 0. The first kappa shape index (κ1) is 12.9. The molecule has 0 radical (unpaired) electrons. The van der Waals surface area contributed by atoms with E-state index in [1.807, 2.05) is 25.1 Å². The molecule has 1 aliphatic carbocycles. The maximum Gasteiger partial charge on any atom is 0.287 e. The van der Waals surface area contributed by atoms with Crippen molar-refractivity contribution in [3.05, 3.63) is 35.6 Å². The minimum absolute atomic E-state index is 0.0788. The van der Waals surface area contributed by atoms with E-state index in [4.69, 9.17) is 4.42 Å². The molecule has 4 heteroatoms. The van der Waals surface area contributed by atoms with E-state index in [1.54, 1.807) is 6.07 Å². The van der Waals surface area contributed by atoms with Gasteiger partial charge < -0.3 is 9.73 Å². The molecular formula is C16H17NO3. The number of furan rings is 1. The first-order valence-electron chi connectivity index (χ1n) is 6.94. The van der Waals surface area contributed by atoms with Crippen LogP contribution in [0, 0.1) is 6.92 Å². The van der Waals surface area contributed by atoms with Crippen LogP contribution < -0.4 is 5.32 Å². The van der Waals surface area contributed by atoms with Gasteiger partial charge in [0.15, 0.2) is 5.76 Å². The second kappa shape index (κ2) is 5.12. The number of amides is 1. The lowest BCUT2D eigenvalue weighted by Gasteiger charge is -2.21. The van der Waals surface area contributed by atoms with Crippen LogP contribution in [0.1, 0.15) is 41.8 Å². The molecule has 1 heterocycles. The molecule has 4 nitrogen and oxygen atoms in total. The second-order valence-corrected chi connectivity index (χ2v) is 5.44. The van der Waals surface area contributed by atoms with E-state index in [9.17, 15) is 9.59 Å². The molecule has 3 rings (SSSR count). The fraction of sp³-hybridized carbons (Fsp3) is 0.375. The molecule has 0 saturated heterocycles. The second-order valence-electron chi connectivity index (χ2n) is 5.44. The lowest BCUT2D eigenvalue weighted by Crippen LogP contribution is -2.37. The SMILES string of the molecule is Cc1ccc2oc(C(=O)NC3CCC(=O)CC3)cc2c1. The van der Waals surface area contributed by atoms with E-state index in [1.165, 1.54) is 0 Å². The number of ketones is 1. The van der Waals surface area contributed by atoms with Crippen LogP contribution in [0.5, 0.6) is 0 Å². The normalized spacial score (nSPS) is 16.6. The summed E-state index contributed by atoms with van der Waals surface area (Å²) < 4.78 is 5.57. The van der Waals surface area contributed by atoms with Crippen LogP contribution in [0.15, 0.2) is 28.7 Å². The van der Waals surface area contributed by atoms with Gasteiger partial charge in [-0.15, -0.1) is 0 Å². The molecule has 2 aromatic rings. The van der Waals surface area contributed by atoms with Crippen LogP contribution in [-0.4, -0.2) is 17.7 Å². The summed E-state index contributed by atoms with van der Waals surface area (Å²) in [5.41, 5.74) is 1.86. The number of fused-ring (bicyclic) bond motifs is 1. The molecule has 1 amide bonds. The van der Waals surface area contributed by atoms with Crippen LogP contribution in [0.2, 0.25) is 0 Å². The molecule has 0 bridgehead atoms. The summed E-state index contributed by atoms with van der Waals surface area (Å²) in [6.07, 6.45) is 2.57. The van der Waals surface area contributed by atoms with E-state index < -0.39 is 0 Å². The molecule has 0 spiro atoms. The Morgan fingerprint density at radius 2 is 2.00 bits per heavy atom. The lowest BCUT2D eigenvalue weighted by atomic mass is 9.94. The van der Waals surface area contributed by atoms with Gasteiger partial charge in [0.05, 0.1) is 0 Å². The molecule has 1 saturated carbocycles. The molecule has 0 atom stereocenters. The summed E-state index contributed by atoms with van der Waals surface area (Å²) in [6, 6.07) is 7.68. The number of benzene rings is 1. The molecule has 0 aliphatic heterocycles. The molecule has 1 fully saturated rings. The van der Waals surface area contributed by atoms with Crippen molar-refractivity contribution >= 4 is 22.7 Å². The minimum Gasteiger partial charge on any atom is -0.451 e. The Hall–Kier alpha value is -2.10. The Morgan fingerprint density at radius 1 is 1.25 bits per heavy atom. The van der Waals surface area contributed by atoms with Crippen LogP contribution >= 0.6 is 0 Å². The Morgan fingerprint density at radius 3 is 2.75 bits per heavy atom. The fourth-order valence-corrected chi connectivity index (χ4v) is 2.62. The lowest BCUT2D eigenvalue weighted by molar-refractivity contribution is -0.120. The molecular weight excluding hydrogens is 254 g/mol. The van der Waals surface area contributed by atoms with Gasteiger partial charge in [-0.05, 0) is 38.0 Å². The van der Waals surface area contributed by atoms with Gasteiger partial charge >= 0.3 is 0 Å². The number of carbonyl (C=O) groups is 2. The highest BCUT2D eigenvalue weighted by Gasteiger charge is 2.22. The summed E-state index contributed by atoms with van der Waals surface area (Å²) in [7, 11) is 0. The van der Waals surface area contributed by atoms with Crippen molar-refractivity contribution < 1.29 is 14.0 Å². The summed E-state index contributed by atoms with van der Waals surface area (Å²) in [5, 5.41) is 3.89. The topological polar surface area (TPSA) is 59.3 Å². The maximum absolute atomic E-state index is 12.2. The number of aryl methyl sites for hydroxylation is 1. The van der Waals surface area contributed by atoms with Crippen molar-refractivity contribution in [1.29, 1.82) is 0 Å². The van der Waals surface area contributed by atoms with E-state index in [-0.39, 0.29) is 17.7 Å². The van der Waals surface area contributed by atoms with Crippen LogP contribution in [0.4, 0.5) is 0 Å². The van der Waals surface area contributed by atoms with Crippen molar-refractivity contribution in [1.82, 2.24) is 5.32 Å². The molecule has 1 aliphatic rings. The largest absolute Gasteiger partial charge is 0.451 e. The molecule has 20 heavy (non-hydrogen) atoms. The third-order valence-electron chi connectivity index (χ3n) is 3.77. The number of hydrogen-bond acceptors (Lipinski definition) is 3. The highest BCUT2D eigenvalue weighted by Crippen LogP contribution is 2.21. The molecule has 104 valence electrons. The van der Waals surface area contributed by atoms with Crippen LogP contribution in [-0.2, 0) is 4.79 Å². The first-order chi connectivity index (χ1) is 9.61. The first-order valence-corrected chi connectivity index (χ1v) is 6.94. The number of Topliss-reactive ketones (excluding diaryl/α,β-unsaturated/α-hetero) is 1. The average Bonchev–Trinajstić information content (AvgIpc) is 2.84. The predicted molar refractivity (Wildman–Crippen MR) is 75.7 cm³/mol. The average molecular weight is 271 g/mol. The molecule has 1 N–H and O–H groups in total. The Balaban J connectivity index is 1.73. The van der Waals surface area contributed by atoms with Crippen LogP contribution in [0.3, 0.4) is 0 Å². The number of hydrogen-bond donors (Lipinski definition) is 1. The Bertz CT molecular complexity index is 661. The molecule has 1 aromatic heterocycles. The van der Waals surface area contributed by atoms with E-state index in [0.29, 0.717) is 18.6 Å². The minimum atomic E-state index is -0.196. The Kier molecular flexibility index (Phi) is 3.30. The smallest absolute Gasteiger partial charge is 0.287 e. The zero-order valence-corrected chi connectivity index (χ0v) is 11.4. The van der Waals surface area contributed by atoms with Gasteiger partial charge in [-0.25, -0.2) is 0 Å².